The van der Waals surface area contributed by atoms with Crippen LogP contribution >= 0.6 is 23.8 Å². The smallest absolute Gasteiger partial charge is 0.186 e. The van der Waals surface area contributed by atoms with Gasteiger partial charge in [-0.2, -0.15) is 9.47 Å². The van der Waals surface area contributed by atoms with Crippen molar-refractivity contribution in [2.45, 2.75) is 13.3 Å². The number of aryl methyl sites for hydroxylation is 1. The van der Waals surface area contributed by atoms with E-state index < -0.39 is 0 Å². The maximum Gasteiger partial charge on any atom is 0.186 e. The van der Waals surface area contributed by atoms with E-state index in [1.807, 2.05) is 13.0 Å². The van der Waals surface area contributed by atoms with Crippen LogP contribution in [0, 0.1) is 6.92 Å². The molecule has 0 spiro atoms. The van der Waals surface area contributed by atoms with Gasteiger partial charge in [-0.1, -0.05) is 0 Å². The monoisotopic (exact) mass is 272 g/mol. The van der Waals surface area contributed by atoms with Gasteiger partial charge >= 0.3 is 0 Å². The van der Waals surface area contributed by atoms with Crippen molar-refractivity contribution in [1.29, 1.82) is 0 Å². The summed E-state index contributed by atoms with van der Waals surface area (Å²) < 4.78 is 9.07. The van der Waals surface area contributed by atoms with E-state index in [4.69, 9.17) is 17.0 Å². The number of aromatic nitrogens is 1. The molecule has 0 aromatic carbocycles. The average Bonchev–Trinajstić information content (AvgIpc) is 2.71. The second-order valence-electron chi connectivity index (χ2n) is 3.34. The Kier molecular flexibility index (Phi) is 6.68. The van der Waals surface area contributed by atoms with Gasteiger partial charge in [0.1, 0.15) is 0 Å². The van der Waals surface area contributed by atoms with E-state index in [0.29, 0.717) is 5.11 Å². The minimum atomic E-state index is 0.513. The van der Waals surface area contributed by atoms with Gasteiger partial charge in [0.25, 0.3) is 0 Å². The Balaban J connectivity index is 2.17. The lowest BCUT2D eigenvalue weighted by atomic mass is 10.4. The molecule has 0 aliphatic carbocycles. The van der Waals surface area contributed by atoms with Crippen LogP contribution in [0.2, 0.25) is 0 Å². The van der Waals surface area contributed by atoms with Crippen molar-refractivity contribution >= 4 is 35.1 Å². The van der Waals surface area contributed by atoms with E-state index in [1.165, 1.54) is 11.5 Å². The highest BCUT2D eigenvalue weighted by Gasteiger charge is 1.94. The molecular weight excluding hydrogens is 256 g/mol. The zero-order valence-electron chi connectivity index (χ0n) is 9.90. The van der Waals surface area contributed by atoms with Gasteiger partial charge < -0.3 is 10.1 Å². The molecule has 0 amide bonds. The van der Waals surface area contributed by atoms with Crippen molar-refractivity contribution in [2.75, 3.05) is 20.3 Å². The first kappa shape index (κ1) is 14.0. The van der Waals surface area contributed by atoms with Gasteiger partial charge in [0, 0.05) is 20.3 Å². The minimum Gasteiger partial charge on any atom is -0.385 e. The van der Waals surface area contributed by atoms with Crippen LogP contribution in [0.25, 0.3) is 0 Å². The summed E-state index contributed by atoms with van der Waals surface area (Å²) in [5.41, 5.74) is 3.74. The SMILES string of the molecule is COCCCNC(=S)NN=Cc1cc(C)ns1. The van der Waals surface area contributed by atoms with Crippen molar-refractivity contribution < 1.29 is 4.74 Å². The summed E-state index contributed by atoms with van der Waals surface area (Å²) in [6.07, 6.45) is 2.61. The minimum absolute atomic E-state index is 0.513. The van der Waals surface area contributed by atoms with Gasteiger partial charge in [-0.3, -0.25) is 5.43 Å². The highest BCUT2D eigenvalue weighted by molar-refractivity contribution is 7.80. The van der Waals surface area contributed by atoms with E-state index in [2.05, 4.69) is 20.2 Å². The van der Waals surface area contributed by atoms with E-state index >= 15 is 0 Å². The normalized spacial score (nSPS) is 10.7. The third-order valence-corrected chi connectivity index (χ3v) is 2.86. The van der Waals surface area contributed by atoms with Crippen LogP contribution in [-0.4, -0.2) is 36.0 Å². The Hall–Kier alpha value is -1.05. The molecule has 0 unspecified atom stereocenters. The summed E-state index contributed by atoms with van der Waals surface area (Å²) in [5, 5.41) is 7.55. The van der Waals surface area contributed by atoms with Crippen LogP contribution in [0.15, 0.2) is 11.2 Å². The summed E-state index contributed by atoms with van der Waals surface area (Å²) in [6, 6.07) is 1.96. The lowest BCUT2D eigenvalue weighted by Crippen LogP contribution is -2.33. The molecule has 0 saturated heterocycles. The Bertz CT molecular complexity index is 378. The second kappa shape index (κ2) is 8.10. The van der Waals surface area contributed by atoms with Crippen LogP contribution in [0.3, 0.4) is 0 Å². The summed E-state index contributed by atoms with van der Waals surface area (Å²) in [5.74, 6) is 0. The van der Waals surface area contributed by atoms with Crippen LogP contribution in [-0.2, 0) is 4.74 Å². The number of nitrogens with one attached hydrogen (secondary N) is 2. The number of ether oxygens (including phenoxy) is 1. The summed E-state index contributed by atoms with van der Waals surface area (Å²) in [4.78, 5) is 0.997. The van der Waals surface area contributed by atoms with Crippen molar-refractivity contribution in [2.24, 2.45) is 5.10 Å². The predicted molar refractivity (Wildman–Crippen MR) is 74.7 cm³/mol. The van der Waals surface area contributed by atoms with Crippen LogP contribution in [0.1, 0.15) is 17.0 Å². The largest absolute Gasteiger partial charge is 0.385 e. The van der Waals surface area contributed by atoms with Crippen LogP contribution < -0.4 is 10.7 Å². The third kappa shape index (κ3) is 6.30. The van der Waals surface area contributed by atoms with Crippen molar-refractivity contribution in [1.82, 2.24) is 15.1 Å². The van der Waals surface area contributed by atoms with Gasteiger partial charge in [0.15, 0.2) is 5.11 Å². The molecule has 0 aliphatic heterocycles. The maximum absolute atomic E-state index is 5.04. The summed E-state index contributed by atoms with van der Waals surface area (Å²) in [7, 11) is 1.68. The number of hydrogen-bond acceptors (Lipinski definition) is 5. The molecule has 17 heavy (non-hydrogen) atoms. The fourth-order valence-electron chi connectivity index (χ4n) is 1.06. The van der Waals surface area contributed by atoms with Gasteiger partial charge in [-0.15, -0.1) is 0 Å². The standard InChI is InChI=1S/C10H16N4OS2/c1-8-6-9(17-14-8)7-12-13-10(16)11-4-3-5-15-2/h6-7H,3-5H2,1-2H3,(H2,11,13,16). The first-order chi connectivity index (χ1) is 8.22. The second-order valence-corrected chi connectivity index (χ2v) is 4.59. The molecule has 0 saturated carbocycles. The number of thiocarbonyl (C=S) groups is 1. The number of hydrazone groups is 1. The van der Waals surface area contributed by atoms with Gasteiger partial charge in [0.2, 0.25) is 0 Å². The molecule has 0 atom stereocenters. The van der Waals surface area contributed by atoms with Crippen molar-refractivity contribution in [3.63, 3.8) is 0 Å². The molecule has 0 aliphatic rings. The quantitative estimate of drug-likeness (QED) is 0.354. The fourth-order valence-corrected chi connectivity index (χ4v) is 1.84. The van der Waals surface area contributed by atoms with E-state index in [-0.39, 0.29) is 0 Å². The molecular formula is C10H16N4OS2. The molecule has 1 aromatic rings. The van der Waals surface area contributed by atoms with E-state index in [1.54, 1.807) is 13.3 Å². The maximum atomic E-state index is 5.04. The Morgan fingerprint density at radius 3 is 3.18 bits per heavy atom. The van der Waals surface area contributed by atoms with Crippen LogP contribution in [0.5, 0.6) is 0 Å². The summed E-state index contributed by atoms with van der Waals surface area (Å²) >= 11 is 6.44. The predicted octanol–water partition coefficient (Wildman–Crippen LogP) is 1.29. The highest BCUT2D eigenvalue weighted by atomic mass is 32.1. The molecule has 1 rings (SSSR count). The third-order valence-electron chi connectivity index (χ3n) is 1.81. The summed E-state index contributed by atoms with van der Waals surface area (Å²) in [6.45, 7) is 3.44. The zero-order chi connectivity index (χ0) is 12.5. The van der Waals surface area contributed by atoms with E-state index in [9.17, 15) is 0 Å². The first-order valence-corrected chi connectivity index (χ1v) is 6.39. The zero-order valence-corrected chi connectivity index (χ0v) is 11.5. The van der Waals surface area contributed by atoms with Crippen LogP contribution in [0.4, 0.5) is 0 Å². The molecule has 0 fully saturated rings. The molecule has 1 aromatic heterocycles. The highest BCUT2D eigenvalue weighted by Crippen LogP contribution is 2.05. The molecule has 1 heterocycles. The molecule has 0 radical (unpaired) electrons. The Labute approximate surface area is 110 Å². The van der Waals surface area contributed by atoms with Crippen molar-refractivity contribution in [3.05, 3.63) is 16.6 Å². The topological polar surface area (TPSA) is 58.5 Å². The molecule has 0 bridgehead atoms. The van der Waals surface area contributed by atoms with Crippen molar-refractivity contribution in [3.8, 4) is 0 Å². The molecule has 94 valence electrons. The van der Waals surface area contributed by atoms with Gasteiger partial charge in [-0.05, 0) is 43.2 Å². The number of nitrogens with zero attached hydrogens (tertiary/aromatic N) is 2. The lowest BCUT2D eigenvalue weighted by Gasteiger charge is -2.05. The van der Waals surface area contributed by atoms with Gasteiger partial charge in [0.05, 0.1) is 16.8 Å². The Morgan fingerprint density at radius 2 is 2.53 bits per heavy atom. The molecule has 7 heteroatoms. The average molecular weight is 272 g/mol. The first-order valence-electron chi connectivity index (χ1n) is 5.21. The number of rotatable bonds is 6. The molecule has 5 nitrogen and oxygen atoms in total. The number of hydrogen-bond donors (Lipinski definition) is 2. The molecule has 2 N–H and O–H groups in total. The fraction of sp³-hybridized carbons (Fsp3) is 0.500. The van der Waals surface area contributed by atoms with Gasteiger partial charge in [-0.25, -0.2) is 0 Å². The van der Waals surface area contributed by atoms with E-state index in [0.717, 1.165) is 30.1 Å². The lowest BCUT2D eigenvalue weighted by molar-refractivity contribution is 0.195. The Morgan fingerprint density at radius 1 is 1.71 bits per heavy atom. The number of methoxy groups -OCH3 is 1.